The van der Waals surface area contributed by atoms with Gasteiger partial charge in [0.25, 0.3) is 0 Å². The molecule has 0 aromatic heterocycles. The largest absolute Gasteiger partial charge is 0.480 e. The van der Waals surface area contributed by atoms with Gasteiger partial charge in [-0.3, -0.25) is 10.1 Å². The fourth-order valence-electron chi connectivity index (χ4n) is 1.08. The number of nitrogens with one attached hydrogen (secondary N) is 1. The minimum atomic E-state index is -4.44. The molecule has 0 aromatic rings. The van der Waals surface area contributed by atoms with Crippen LogP contribution < -0.4 is 5.32 Å². The number of carboxylic acids is 1. The molecule has 0 aliphatic carbocycles. The second-order valence-electron chi connectivity index (χ2n) is 3.14. The van der Waals surface area contributed by atoms with Crippen LogP contribution in [-0.2, 0) is 9.53 Å². The molecule has 4 nitrogen and oxygen atoms in total. The Morgan fingerprint density at radius 1 is 1.47 bits per heavy atom. The van der Waals surface area contributed by atoms with Crippen molar-refractivity contribution in [3.05, 3.63) is 0 Å². The monoisotopic (exact) mass is 229 g/mol. The summed E-state index contributed by atoms with van der Waals surface area (Å²) in [6.07, 6.45) is -4.43. The van der Waals surface area contributed by atoms with Gasteiger partial charge in [0, 0.05) is 7.11 Å². The molecule has 90 valence electrons. The van der Waals surface area contributed by atoms with Gasteiger partial charge in [-0.05, 0) is 6.42 Å². The first-order valence-electron chi connectivity index (χ1n) is 4.31. The Morgan fingerprint density at radius 2 is 2.00 bits per heavy atom. The summed E-state index contributed by atoms with van der Waals surface area (Å²) in [6, 6.07) is 0. The van der Waals surface area contributed by atoms with Gasteiger partial charge >= 0.3 is 12.1 Å². The van der Waals surface area contributed by atoms with Crippen molar-refractivity contribution < 1.29 is 27.8 Å². The van der Waals surface area contributed by atoms with Crippen LogP contribution in [0.1, 0.15) is 13.3 Å². The van der Waals surface area contributed by atoms with Crippen molar-refractivity contribution in [3.63, 3.8) is 0 Å². The van der Waals surface area contributed by atoms with Gasteiger partial charge in [0.1, 0.15) is 5.54 Å². The molecule has 0 saturated carbocycles. The van der Waals surface area contributed by atoms with Crippen LogP contribution in [0.25, 0.3) is 0 Å². The number of alkyl halides is 3. The van der Waals surface area contributed by atoms with E-state index < -0.39 is 24.2 Å². The highest BCUT2D eigenvalue weighted by atomic mass is 19.4. The molecule has 0 saturated heterocycles. The van der Waals surface area contributed by atoms with Crippen molar-refractivity contribution in [3.8, 4) is 0 Å². The molecule has 15 heavy (non-hydrogen) atoms. The summed E-state index contributed by atoms with van der Waals surface area (Å²) < 4.78 is 40.4. The minimum absolute atomic E-state index is 0.00620. The molecule has 0 rings (SSSR count). The summed E-state index contributed by atoms with van der Waals surface area (Å²) >= 11 is 0. The fraction of sp³-hybridized carbons (Fsp3) is 0.875. The van der Waals surface area contributed by atoms with E-state index in [0.29, 0.717) is 0 Å². The normalized spacial score (nSPS) is 16.1. The zero-order valence-corrected chi connectivity index (χ0v) is 8.52. The van der Waals surface area contributed by atoms with E-state index in [1.807, 2.05) is 5.32 Å². The Balaban J connectivity index is 4.55. The van der Waals surface area contributed by atoms with Crippen LogP contribution >= 0.6 is 0 Å². The number of hydrogen-bond donors (Lipinski definition) is 2. The highest BCUT2D eigenvalue weighted by Gasteiger charge is 2.40. The van der Waals surface area contributed by atoms with Crippen LogP contribution in [0.15, 0.2) is 0 Å². The number of halogens is 3. The minimum Gasteiger partial charge on any atom is -0.480 e. The van der Waals surface area contributed by atoms with E-state index in [2.05, 4.69) is 4.74 Å². The molecule has 2 N–H and O–H groups in total. The fourth-order valence-corrected chi connectivity index (χ4v) is 1.08. The molecule has 7 heteroatoms. The van der Waals surface area contributed by atoms with Crippen LogP contribution in [-0.4, -0.2) is 43.1 Å². The van der Waals surface area contributed by atoms with Gasteiger partial charge in [-0.1, -0.05) is 6.92 Å². The highest BCUT2D eigenvalue weighted by molar-refractivity contribution is 5.79. The van der Waals surface area contributed by atoms with Crippen LogP contribution in [0.4, 0.5) is 13.2 Å². The Hall–Kier alpha value is -0.820. The maximum absolute atomic E-state index is 11.9. The molecule has 0 spiro atoms. The number of carboxylic acid groups (broad SMARTS) is 1. The maximum atomic E-state index is 11.9. The van der Waals surface area contributed by atoms with Crippen LogP contribution in [0.2, 0.25) is 0 Å². The maximum Gasteiger partial charge on any atom is 0.401 e. The Kier molecular flexibility index (Phi) is 5.02. The quantitative estimate of drug-likeness (QED) is 0.713. The molecule has 0 aromatic carbocycles. The Morgan fingerprint density at radius 3 is 2.27 bits per heavy atom. The van der Waals surface area contributed by atoms with Crippen molar-refractivity contribution in [2.45, 2.75) is 25.1 Å². The second-order valence-corrected chi connectivity index (χ2v) is 3.14. The third-order valence-corrected chi connectivity index (χ3v) is 2.03. The van der Waals surface area contributed by atoms with Crippen LogP contribution in [0.3, 0.4) is 0 Å². The average Bonchev–Trinajstić information content (AvgIpc) is 2.10. The number of methoxy groups -OCH3 is 1. The molecule has 0 amide bonds. The van der Waals surface area contributed by atoms with Crippen LogP contribution in [0, 0.1) is 0 Å². The van der Waals surface area contributed by atoms with Gasteiger partial charge in [0.2, 0.25) is 0 Å². The SMILES string of the molecule is CCC(COC)(NCC(F)(F)F)C(=O)O. The molecule has 0 fully saturated rings. The lowest BCUT2D eigenvalue weighted by atomic mass is 9.97. The summed E-state index contributed by atoms with van der Waals surface area (Å²) in [7, 11) is 1.24. The Labute approximate surface area is 85.4 Å². The van der Waals surface area contributed by atoms with E-state index in [0.717, 1.165) is 0 Å². The van der Waals surface area contributed by atoms with Gasteiger partial charge in [-0.25, -0.2) is 0 Å². The van der Waals surface area contributed by atoms with Gasteiger partial charge < -0.3 is 9.84 Å². The zero-order chi connectivity index (χ0) is 12.1. The van der Waals surface area contributed by atoms with E-state index in [-0.39, 0.29) is 13.0 Å². The predicted octanol–water partition coefficient (Wildman–Crippen LogP) is 1.02. The van der Waals surface area contributed by atoms with Gasteiger partial charge in [-0.15, -0.1) is 0 Å². The first kappa shape index (κ1) is 14.2. The lowest BCUT2D eigenvalue weighted by Gasteiger charge is -2.29. The third kappa shape index (κ3) is 4.48. The van der Waals surface area contributed by atoms with Crippen molar-refractivity contribution in [2.24, 2.45) is 0 Å². The summed E-state index contributed by atoms with van der Waals surface area (Å²) in [5.74, 6) is -1.35. The van der Waals surface area contributed by atoms with E-state index in [1.165, 1.54) is 14.0 Å². The van der Waals surface area contributed by atoms with E-state index in [1.54, 1.807) is 0 Å². The molecule has 0 aliphatic rings. The smallest absolute Gasteiger partial charge is 0.401 e. The molecular formula is C8H14F3NO3. The number of hydrogen-bond acceptors (Lipinski definition) is 3. The molecule has 0 bridgehead atoms. The molecule has 0 radical (unpaired) electrons. The molecular weight excluding hydrogens is 215 g/mol. The second kappa shape index (κ2) is 5.32. The molecule has 0 aliphatic heterocycles. The lowest BCUT2D eigenvalue weighted by molar-refractivity contribution is -0.153. The first-order valence-corrected chi connectivity index (χ1v) is 4.31. The summed E-state index contributed by atoms with van der Waals surface area (Å²) in [5.41, 5.74) is -1.68. The van der Waals surface area contributed by atoms with Crippen molar-refractivity contribution >= 4 is 5.97 Å². The summed E-state index contributed by atoms with van der Waals surface area (Å²) in [6.45, 7) is -0.179. The topological polar surface area (TPSA) is 58.6 Å². The first-order chi connectivity index (χ1) is 6.77. The van der Waals surface area contributed by atoms with Crippen molar-refractivity contribution in [1.29, 1.82) is 0 Å². The van der Waals surface area contributed by atoms with Gasteiger partial charge in [0.05, 0.1) is 13.2 Å². The van der Waals surface area contributed by atoms with Crippen molar-refractivity contribution in [1.82, 2.24) is 5.32 Å². The van der Waals surface area contributed by atoms with E-state index in [9.17, 15) is 18.0 Å². The van der Waals surface area contributed by atoms with E-state index >= 15 is 0 Å². The third-order valence-electron chi connectivity index (χ3n) is 2.03. The molecule has 0 heterocycles. The zero-order valence-electron chi connectivity index (χ0n) is 8.52. The predicted molar refractivity (Wildman–Crippen MR) is 46.6 cm³/mol. The average molecular weight is 229 g/mol. The molecule has 1 atom stereocenters. The summed E-state index contributed by atoms with van der Waals surface area (Å²) in [5, 5.41) is 10.8. The Bertz CT molecular complexity index is 220. The van der Waals surface area contributed by atoms with Gasteiger partial charge in [-0.2, -0.15) is 13.2 Å². The van der Waals surface area contributed by atoms with Crippen molar-refractivity contribution in [2.75, 3.05) is 20.3 Å². The lowest BCUT2D eigenvalue weighted by Crippen LogP contribution is -2.57. The number of rotatable bonds is 6. The standard InChI is InChI=1S/C8H14F3NO3/c1-3-7(5-15-2,6(13)14)12-4-8(9,10)11/h12H,3-5H2,1-2H3,(H,13,14). The highest BCUT2D eigenvalue weighted by Crippen LogP contribution is 2.17. The number of ether oxygens (including phenoxy) is 1. The van der Waals surface area contributed by atoms with E-state index in [4.69, 9.17) is 5.11 Å². The molecule has 1 unspecified atom stereocenters. The number of aliphatic carboxylic acids is 1. The van der Waals surface area contributed by atoms with Gasteiger partial charge in [0.15, 0.2) is 0 Å². The summed E-state index contributed by atoms with van der Waals surface area (Å²) in [4.78, 5) is 10.8. The van der Waals surface area contributed by atoms with Crippen LogP contribution in [0.5, 0.6) is 0 Å². The number of carbonyl (C=O) groups is 1.